The van der Waals surface area contributed by atoms with E-state index >= 15 is 0 Å². The number of sulfonamides is 1. The van der Waals surface area contributed by atoms with Crippen molar-refractivity contribution < 1.29 is 13.5 Å². The van der Waals surface area contributed by atoms with Gasteiger partial charge < -0.3 is 10.8 Å². The van der Waals surface area contributed by atoms with Gasteiger partial charge in [0, 0.05) is 25.3 Å². The van der Waals surface area contributed by atoms with Crippen LogP contribution in [0.2, 0.25) is 5.02 Å². The van der Waals surface area contributed by atoms with Crippen LogP contribution in [-0.2, 0) is 10.0 Å². The lowest BCUT2D eigenvalue weighted by Crippen LogP contribution is -2.39. The second kappa shape index (κ2) is 6.58. The molecule has 0 radical (unpaired) electrons. The monoisotopic (exact) mass is 348 g/mol. The van der Waals surface area contributed by atoms with Crippen LogP contribution in [0.3, 0.4) is 0 Å². The van der Waals surface area contributed by atoms with Gasteiger partial charge >= 0.3 is 0 Å². The number of aliphatic hydroxyl groups excluding tert-OH is 1. The molecule has 8 heteroatoms. The Morgan fingerprint density at radius 1 is 1.43 bits per heavy atom. The highest BCUT2D eigenvalue weighted by atomic mass is 35.5. The smallest absolute Gasteiger partial charge is 0.243 e. The number of nitrogens with zero attached hydrogens (tertiary/aromatic N) is 1. The highest BCUT2D eigenvalue weighted by molar-refractivity contribution is 7.89. The summed E-state index contributed by atoms with van der Waals surface area (Å²) in [6.45, 7) is 0.910. The predicted octanol–water partition coefficient (Wildman–Crippen LogP) is 1.37. The number of halogens is 1. The fraction of sp³-hybridized carbons (Fsp3) is 0.462. The third-order valence-electron chi connectivity index (χ3n) is 3.68. The number of nitrogens with two attached hydrogens (primary N) is 1. The zero-order valence-electron chi connectivity index (χ0n) is 11.3. The Hall–Kier alpha value is -0.730. The Kier molecular flexibility index (Phi) is 5.21. The molecule has 1 saturated heterocycles. The number of rotatable bonds is 4. The van der Waals surface area contributed by atoms with E-state index in [-0.39, 0.29) is 27.4 Å². The lowest BCUT2D eigenvalue weighted by molar-refractivity contribution is 0.170. The van der Waals surface area contributed by atoms with E-state index in [4.69, 9.17) is 34.7 Å². The van der Waals surface area contributed by atoms with Crippen LogP contribution >= 0.6 is 23.8 Å². The van der Waals surface area contributed by atoms with Gasteiger partial charge in [-0.2, -0.15) is 4.31 Å². The minimum atomic E-state index is -3.58. The van der Waals surface area contributed by atoms with Crippen LogP contribution in [0.5, 0.6) is 0 Å². The quantitative estimate of drug-likeness (QED) is 0.803. The third kappa shape index (κ3) is 3.54. The molecular formula is C13H17ClN2O3S2. The van der Waals surface area contributed by atoms with Gasteiger partial charge in [-0.05, 0) is 37.0 Å². The SMILES string of the molecule is NC(=S)c1ccc(S(=O)(=O)N2CCC(CO)CC2)cc1Cl. The maximum Gasteiger partial charge on any atom is 0.243 e. The molecule has 1 fully saturated rings. The summed E-state index contributed by atoms with van der Waals surface area (Å²) in [5.74, 6) is 0.178. The maximum absolute atomic E-state index is 12.6. The van der Waals surface area contributed by atoms with Gasteiger partial charge in [-0.15, -0.1) is 0 Å². The summed E-state index contributed by atoms with van der Waals surface area (Å²) in [4.78, 5) is 0.266. The van der Waals surface area contributed by atoms with Gasteiger partial charge in [-0.1, -0.05) is 23.8 Å². The highest BCUT2D eigenvalue weighted by Gasteiger charge is 2.29. The molecule has 1 aromatic rings. The van der Waals surface area contributed by atoms with Crippen molar-refractivity contribution in [2.45, 2.75) is 17.7 Å². The van der Waals surface area contributed by atoms with Gasteiger partial charge in [0.1, 0.15) is 4.99 Å². The predicted molar refractivity (Wildman–Crippen MR) is 85.9 cm³/mol. The second-order valence-corrected chi connectivity index (χ2v) is 7.82. The highest BCUT2D eigenvalue weighted by Crippen LogP contribution is 2.26. The molecule has 0 amide bonds. The topological polar surface area (TPSA) is 83.6 Å². The molecule has 2 rings (SSSR count). The second-order valence-electron chi connectivity index (χ2n) is 5.04. The average Bonchev–Trinajstić information content (AvgIpc) is 2.46. The summed E-state index contributed by atoms with van der Waals surface area (Å²) < 4.78 is 26.5. The fourth-order valence-corrected chi connectivity index (χ4v) is 4.41. The molecule has 0 spiro atoms. The number of benzene rings is 1. The molecule has 0 saturated carbocycles. The molecule has 1 aliphatic heterocycles. The van der Waals surface area contributed by atoms with Crippen molar-refractivity contribution in [2.75, 3.05) is 19.7 Å². The van der Waals surface area contributed by atoms with Crippen LogP contribution in [0.1, 0.15) is 18.4 Å². The van der Waals surface area contributed by atoms with E-state index in [9.17, 15) is 8.42 Å². The summed E-state index contributed by atoms with van der Waals surface area (Å²) >= 11 is 10.9. The van der Waals surface area contributed by atoms with Crippen molar-refractivity contribution in [3.05, 3.63) is 28.8 Å². The Bertz CT molecular complexity index is 641. The Labute approximate surface area is 134 Å². The van der Waals surface area contributed by atoms with E-state index < -0.39 is 10.0 Å². The van der Waals surface area contributed by atoms with Gasteiger partial charge in [0.25, 0.3) is 0 Å². The molecule has 0 aromatic heterocycles. The average molecular weight is 349 g/mol. The zero-order chi connectivity index (χ0) is 15.6. The van der Waals surface area contributed by atoms with Crippen molar-refractivity contribution in [2.24, 2.45) is 11.7 Å². The first-order chi connectivity index (χ1) is 9.86. The van der Waals surface area contributed by atoms with E-state index in [2.05, 4.69) is 0 Å². The molecule has 0 bridgehead atoms. The molecule has 1 aliphatic rings. The number of thiocarbonyl (C=S) groups is 1. The van der Waals surface area contributed by atoms with Crippen LogP contribution in [0.4, 0.5) is 0 Å². The molecule has 3 N–H and O–H groups in total. The van der Waals surface area contributed by atoms with Crippen LogP contribution < -0.4 is 5.73 Å². The van der Waals surface area contributed by atoms with Crippen LogP contribution in [0.15, 0.2) is 23.1 Å². The Morgan fingerprint density at radius 2 is 2.05 bits per heavy atom. The van der Waals surface area contributed by atoms with Crippen molar-refractivity contribution in [3.63, 3.8) is 0 Å². The minimum absolute atomic E-state index is 0.0996. The van der Waals surface area contributed by atoms with Crippen molar-refractivity contribution in [1.29, 1.82) is 0 Å². The van der Waals surface area contributed by atoms with Crippen molar-refractivity contribution in [3.8, 4) is 0 Å². The number of hydrogen-bond acceptors (Lipinski definition) is 4. The number of aliphatic hydroxyl groups is 1. The summed E-state index contributed by atoms with van der Waals surface area (Å²) in [6, 6.07) is 4.37. The van der Waals surface area contributed by atoms with Gasteiger partial charge in [-0.3, -0.25) is 0 Å². The molecule has 0 atom stereocenters. The third-order valence-corrected chi connectivity index (χ3v) is 6.10. The molecule has 0 aliphatic carbocycles. The first-order valence-corrected chi connectivity index (χ1v) is 8.79. The molecule has 1 aromatic carbocycles. The lowest BCUT2D eigenvalue weighted by Gasteiger charge is -2.30. The van der Waals surface area contributed by atoms with E-state index in [0.29, 0.717) is 31.5 Å². The zero-order valence-corrected chi connectivity index (χ0v) is 13.7. The standard InChI is InChI=1S/C13H17ClN2O3S2/c14-12-7-10(1-2-11(12)13(15)20)21(18,19)16-5-3-9(8-17)4-6-16/h1-2,7,9,17H,3-6,8H2,(H2,15,20). The number of piperidine rings is 1. The largest absolute Gasteiger partial charge is 0.396 e. The Balaban J connectivity index is 2.24. The van der Waals surface area contributed by atoms with Crippen LogP contribution in [-0.4, -0.2) is 42.5 Å². The van der Waals surface area contributed by atoms with E-state index in [1.54, 1.807) is 0 Å². The van der Waals surface area contributed by atoms with E-state index in [1.807, 2.05) is 0 Å². The maximum atomic E-state index is 12.6. The molecule has 116 valence electrons. The van der Waals surface area contributed by atoms with Gasteiger partial charge in [0.2, 0.25) is 10.0 Å². The van der Waals surface area contributed by atoms with Crippen molar-refractivity contribution >= 4 is 38.8 Å². The molecular weight excluding hydrogens is 332 g/mol. The fourth-order valence-electron chi connectivity index (χ4n) is 2.34. The lowest BCUT2D eigenvalue weighted by atomic mass is 10.00. The summed E-state index contributed by atoms with van der Waals surface area (Å²) in [5, 5.41) is 9.34. The summed E-state index contributed by atoms with van der Waals surface area (Å²) in [7, 11) is -3.58. The van der Waals surface area contributed by atoms with Crippen molar-refractivity contribution in [1.82, 2.24) is 4.31 Å². The first kappa shape index (κ1) is 16.6. The summed E-state index contributed by atoms with van der Waals surface area (Å²) in [6.07, 6.45) is 1.32. The molecule has 5 nitrogen and oxygen atoms in total. The van der Waals surface area contributed by atoms with Gasteiger partial charge in [0.15, 0.2) is 0 Å². The van der Waals surface area contributed by atoms with Crippen LogP contribution in [0.25, 0.3) is 0 Å². The Morgan fingerprint density at radius 3 is 2.52 bits per heavy atom. The van der Waals surface area contributed by atoms with Crippen LogP contribution in [0, 0.1) is 5.92 Å². The van der Waals surface area contributed by atoms with Gasteiger partial charge in [0.05, 0.1) is 9.92 Å². The number of hydrogen-bond donors (Lipinski definition) is 2. The van der Waals surface area contributed by atoms with E-state index in [1.165, 1.54) is 22.5 Å². The molecule has 21 heavy (non-hydrogen) atoms. The van der Waals surface area contributed by atoms with E-state index in [0.717, 1.165) is 0 Å². The molecule has 1 heterocycles. The van der Waals surface area contributed by atoms with Gasteiger partial charge in [-0.25, -0.2) is 8.42 Å². The molecule has 0 unspecified atom stereocenters. The summed E-state index contributed by atoms with van der Waals surface area (Å²) in [5.41, 5.74) is 5.97. The normalized spacial score (nSPS) is 17.8. The first-order valence-electron chi connectivity index (χ1n) is 6.56. The minimum Gasteiger partial charge on any atom is -0.396 e.